The van der Waals surface area contributed by atoms with Gasteiger partial charge in [0.15, 0.2) is 5.75 Å². The predicted octanol–water partition coefficient (Wildman–Crippen LogP) is 3.22. The van der Waals surface area contributed by atoms with Gasteiger partial charge in [-0.3, -0.25) is 10.1 Å². The van der Waals surface area contributed by atoms with E-state index in [1.54, 1.807) is 18.2 Å². The van der Waals surface area contributed by atoms with E-state index in [0.717, 1.165) is 6.42 Å². The maximum Gasteiger partial charge on any atom is 0.333 e. The molecule has 0 aromatic heterocycles. The molecule has 0 saturated heterocycles. The normalized spacial score (nSPS) is 11.9. The second-order valence-electron chi connectivity index (χ2n) is 4.42. The molecule has 20 heavy (non-hydrogen) atoms. The molecule has 1 N–H and O–H groups in total. The van der Waals surface area contributed by atoms with Crippen molar-refractivity contribution < 1.29 is 14.4 Å². The maximum atomic E-state index is 11.3. The Labute approximate surface area is 119 Å². The molecule has 1 atom stereocenters. The van der Waals surface area contributed by atoms with Crippen LogP contribution in [0.1, 0.15) is 27.2 Å². The molecule has 1 unspecified atom stereocenters. The summed E-state index contributed by atoms with van der Waals surface area (Å²) in [7, 11) is 0. The molecule has 0 aliphatic heterocycles. The number of hydrogen-bond donors (Lipinski definition) is 1. The van der Waals surface area contributed by atoms with E-state index >= 15 is 0 Å². The SMILES string of the molecule is CCCNc1cccc(OC(C)COCC)c1[N+](=O)[O-]. The predicted molar refractivity (Wildman–Crippen MR) is 78.5 cm³/mol. The molecule has 1 aromatic carbocycles. The van der Waals surface area contributed by atoms with E-state index in [4.69, 9.17) is 9.47 Å². The monoisotopic (exact) mass is 282 g/mol. The Morgan fingerprint density at radius 1 is 1.40 bits per heavy atom. The molecule has 0 heterocycles. The van der Waals surface area contributed by atoms with Crippen molar-refractivity contribution in [3.05, 3.63) is 28.3 Å². The first-order valence-corrected chi connectivity index (χ1v) is 6.85. The van der Waals surface area contributed by atoms with Crippen LogP contribution in [0.3, 0.4) is 0 Å². The maximum absolute atomic E-state index is 11.3. The fourth-order valence-corrected chi connectivity index (χ4v) is 1.74. The standard InChI is InChI=1S/C14H22N2O4/c1-4-9-15-12-7-6-8-13(14(12)16(17)18)20-11(3)10-19-5-2/h6-8,11,15H,4-5,9-10H2,1-3H3. The molecule has 0 saturated carbocycles. The minimum atomic E-state index is -0.416. The summed E-state index contributed by atoms with van der Waals surface area (Å²) in [4.78, 5) is 10.8. The Bertz CT molecular complexity index is 437. The van der Waals surface area contributed by atoms with Gasteiger partial charge >= 0.3 is 5.69 Å². The minimum Gasteiger partial charge on any atom is -0.481 e. The van der Waals surface area contributed by atoms with E-state index in [1.807, 2.05) is 20.8 Å². The molecule has 112 valence electrons. The summed E-state index contributed by atoms with van der Waals surface area (Å²) in [6, 6.07) is 5.04. The highest BCUT2D eigenvalue weighted by molar-refractivity contribution is 5.68. The molecule has 0 radical (unpaired) electrons. The van der Waals surface area contributed by atoms with Crippen LogP contribution in [0.2, 0.25) is 0 Å². The summed E-state index contributed by atoms with van der Waals surface area (Å²) in [6.45, 7) is 7.40. The minimum absolute atomic E-state index is 0.0238. The average molecular weight is 282 g/mol. The largest absolute Gasteiger partial charge is 0.481 e. The third-order valence-corrected chi connectivity index (χ3v) is 2.63. The number of nitro benzene ring substituents is 1. The second-order valence-corrected chi connectivity index (χ2v) is 4.42. The Morgan fingerprint density at radius 2 is 2.15 bits per heavy atom. The van der Waals surface area contributed by atoms with Crippen LogP contribution in [0.5, 0.6) is 5.75 Å². The number of nitro groups is 1. The Hall–Kier alpha value is -1.82. The molecular weight excluding hydrogens is 260 g/mol. The first kappa shape index (κ1) is 16.2. The molecule has 6 nitrogen and oxygen atoms in total. The van der Waals surface area contributed by atoms with Gasteiger partial charge in [0.1, 0.15) is 11.8 Å². The fourth-order valence-electron chi connectivity index (χ4n) is 1.74. The van der Waals surface area contributed by atoms with E-state index in [1.165, 1.54) is 0 Å². The molecular formula is C14H22N2O4. The van der Waals surface area contributed by atoms with Gasteiger partial charge in [-0.05, 0) is 32.4 Å². The van der Waals surface area contributed by atoms with Gasteiger partial charge in [-0.25, -0.2) is 0 Å². The van der Waals surface area contributed by atoms with E-state index in [0.29, 0.717) is 25.4 Å². The van der Waals surface area contributed by atoms with Crippen molar-refractivity contribution in [1.29, 1.82) is 0 Å². The first-order valence-electron chi connectivity index (χ1n) is 6.85. The van der Waals surface area contributed by atoms with Crippen LogP contribution >= 0.6 is 0 Å². The van der Waals surface area contributed by atoms with Gasteiger partial charge in [0.25, 0.3) is 0 Å². The van der Waals surface area contributed by atoms with Crippen LogP contribution in [0, 0.1) is 10.1 Å². The van der Waals surface area contributed by atoms with Crippen LogP contribution in [0.4, 0.5) is 11.4 Å². The van der Waals surface area contributed by atoms with Gasteiger partial charge in [-0.1, -0.05) is 13.0 Å². The summed E-state index contributed by atoms with van der Waals surface area (Å²) < 4.78 is 10.9. The van der Waals surface area contributed by atoms with Crippen LogP contribution in [0.15, 0.2) is 18.2 Å². The van der Waals surface area contributed by atoms with E-state index < -0.39 is 4.92 Å². The number of para-hydroxylation sites is 1. The van der Waals surface area contributed by atoms with Crippen molar-refractivity contribution in [3.8, 4) is 5.75 Å². The Balaban J connectivity index is 2.91. The molecule has 1 rings (SSSR count). The van der Waals surface area contributed by atoms with Crippen molar-refractivity contribution in [3.63, 3.8) is 0 Å². The highest BCUT2D eigenvalue weighted by Crippen LogP contribution is 2.35. The lowest BCUT2D eigenvalue weighted by molar-refractivity contribution is -0.385. The van der Waals surface area contributed by atoms with Gasteiger partial charge in [0.05, 0.1) is 11.5 Å². The van der Waals surface area contributed by atoms with Crippen LogP contribution < -0.4 is 10.1 Å². The number of benzene rings is 1. The lowest BCUT2D eigenvalue weighted by Gasteiger charge is -2.16. The summed E-state index contributed by atoms with van der Waals surface area (Å²) in [5, 5.41) is 14.3. The van der Waals surface area contributed by atoms with Crippen LogP contribution in [-0.2, 0) is 4.74 Å². The summed E-state index contributed by atoms with van der Waals surface area (Å²) >= 11 is 0. The highest BCUT2D eigenvalue weighted by Gasteiger charge is 2.22. The molecule has 0 amide bonds. The van der Waals surface area contributed by atoms with Crippen LogP contribution in [-0.4, -0.2) is 30.8 Å². The number of nitrogens with zero attached hydrogens (tertiary/aromatic N) is 1. The van der Waals surface area contributed by atoms with E-state index in [2.05, 4.69) is 5.32 Å². The average Bonchev–Trinajstić information content (AvgIpc) is 2.42. The summed E-state index contributed by atoms with van der Waals surface area (Å²) in [6.07, 6.45) is 0.651. The third kappa shape index (κ3) is 4.70. The molecule has 6 heteroatoms. The molecule has 1 aromatic rings. The summed E-state index contributed by atoms with van der Waals surface area (Å²) in [5.74, 6) is 0.267. The van der Waals surface area contributed by atoms with Crippen molar-refractivity contribution in [2.45, 2.75) is 33.3 Å². The smallest absolute Gasteiger partial charge is 0.333 e. The highest BCUT2D eigenvalue weighted by atomic mass is 16.6. The van der Waals surface area contributed by atoms with Crippen molar-refractivity contribution in [1.82, 2.24) is 0 Å². The van der Waals surface area contributed by atoms with E-state index in [-0.39, 0.29) is 17.5 Å². The Kier molecular flexibility index (Phi) is 6.79. The zero-order valence-corrected chi connectivity index (χ0v) is 12.2. The topological polar surface area (TPSA) is 73.6 Å². The summed E-state index contributed by atoms with van der Waals surface area (Å²) in [5.41, 5.74) is 0.460. The zero-order chi connectivity index (χ0) is 15.0. The lowest BCUT2D eigenvalue weighted by atomic mass is 10.2. The van der Waals surface area contributed by atoms with Gasteiger partial charge in [-0.2, -0.15) is 0 Å². The number of hydrogen-bond acceptors (Lipinski definition) is 5. The molecule has 0 spiro atoms. The molecule has 0 fully saturated rings. The quantitative estimate of drug-likeness (QED) is 0.556. The van der Waals surface area contributed by atoms with Gasteiger partial charge in [-0.15, -0.1) is 0 Å². The van der Waals surface area contributed by atoms with Crippen molar-refractivity contribution in [2.24, 2.45) is 0 Å². The fraction of sp³-hybridized carbons (Fsp3) is 0.571. The first-order chi connectivity index (χ1) is 9.60. The number of ether oxygens (including phenoxy) is 2. The van der Waals surface area contributed by atoms with E-state index in [9.17, 15) is 10.1 Å². The van der Waals surface area contributed by atoms with Gasteiger partial charge in [0, 0.05) is 13.2 Å². The van der Waals surface area contributed by atoms with Gasteiger partial charge in [0.2, 0.25) is 0 Å². The van der Waals surface area contributed by atoms with Crippen molar-refractivity contribution >= 4 is 11.4 Å². The number of rotatable bonds is 9. The molecule has 0 aliphatic carbocycles. The second kappa shape index (κ2) is 8.37. The lowest BCUT2D eigenvalue weighted by Crippen LogP contribution is -2.19. The number of anilines is 1. The third-order valence-electron chi connectivity index (χ3n) is 2.63. The van der Waals surface area contributed by atoms with Crippen molar-refractivity contribution in [2.75, 3.05) is 25.1 Å². The molecule has 0 bridgehead atoms. The molecule has 0 aliphatic rings. The zero-order valence-electron chi connectivity index (χ0n) is 12.2. The Morgan fingerprint density at radius 3 is 2.75 bits per heavy atom. The van der Waals surface area contributed by atoms with Crippen LogP contribution in [0.25, 0.3) is 0 Å². The number of nitrogens with one attached hydrogen (secondary N) is 1. The van der Waals surface area contributed by atoms with Gasteiger partial charge < -0.3 is 14.8 Å².